The van der Waals surface area contributed by atoms with E-state index in [4.69, 9.17) is 16.3 Å². The number of carboxylic acid groups (broad SMARTS) is 1. The Bertz CT molecular complexity index is 546. The van der Waals surface area contributed by atoms with Gasteiger partial charge in [0.25, 0.3) is 0 Å². The van der Waals surface area contributed by atoms with Crippen molar-refractivity contribution in [1.29, 1.82) is 0 Å². The molecular formula is C15H18ClNO4. The van der Waals surface area contributed by atoms with Crippen molar-refractivity contribution in [1.82, 2.24) is 0 Å². The molecule has 1 aromatic rings. The average molecular weight is 312 g/mol. The van der Waals surface area contributed by atoms with E-state index in [9.17, 15) is 14.7 Å². The highest BCUT2D eigenvalue weighted by molar-refractivity contribution is 6.31. The summed E-state index contributed by atoms with van der Waals surface area (Å²) in [5.74, 6) is -1.84. The molecule has 0 aliphatic heterocycles. The number of anilines is 1. The smallest absolute Gasteiger partial charge is 0.307 e. The number of rotatable bonds is 4. The van der Waals surface area contributed by atoms with Gasteiger partial charge in [0.05, 0.1) is 24.6 Å². The number of methoxy groups -OCH3 is 1. The van der Waals surface area contributed by atoms with E-state index in [-0.39, 0.29) is 5.91 Å². The minimum absolute atomic E-state index is 0.289. The maximum atomic E-state index is 12.4. The highest BCUT2D eigenvalue weighted by atomic mass is 35.5. The first-order valence-electron chi connectivity index (χ1n) is 6.90. The molecule has 0 spiro atoms. The number of carbonyl (C=O) groups is 2. The summed E-state index contributed by atoms with van der Waals surface area (Å²) in [5, 5.41) is 12.5. The van der Waals surface area contributed by atoms with Gasteiger partial charge in [0.15, 0.2) is 0 Å². The fraction of sp³-hybridized carbons (Fsp3) is 0.467. The van der Waals surface area contributed by atoms with Crippen LogP contribution in [0.4, 0.5) is 5.69 Å². The minimum Gasteiger partial charge on any atom is -0.495 e. The Morgan fingerprint density at radius 2 is 1.95 bits per heavy atom. The van der Waals surface area contributed by atoms with Crippen molar-refractivity contribution < 1.29 is 19.4 Å². The zero-order valence-corrected chi connectivity index (χ0v) is 12.5. The third-order valence-electron chi connectivity index (χ3n) is 3.84. The van der Waals surface area contributed by atoms with Crippen LogP contribution < -0.4 is 10.1 Å². The number of hydrogen-bond donors (Lipinski definition) is 2. The number of ether oxygens (including phenoxy) is 1. The highest BCUT2D eigenvalue weighted by Gasteiger charge is 2.35. The molecule has 6 heteroatoms. The summed E-state index contributed by atoms with van der Waals surface area (Å²) in [6.07, 6.45) is 2.85. The van der Waals surface area contributed by atoms with Gasteiger partial charge in [-0.25, -0.2) is 0 Å². The van der Waals surface area contributed by atoms with Gasteiger partial charge >= 0.3 is 5.97 Å². The number of hydrogen-bond acceptors (Lipinski definition) is 3. The third-order valence-corrected chi connectivity index (χ3v) is 4.07. The van der Waals surface area contributed by atoms with Crippen LogP contribution >= 0.6 is 11.6 Å². The molecule has 1 aliphatic rings. The van der Waals surface area contributed by atoms with Crippen molar-refractivity contribution in [3.8, 4) is 5.75 Å². The zero-order chi connectivity index (χ0) is 15.4. The molecule has 0 bridgehead atoms. The second-order valence-electron chi connectivity index (χ2n) is 5.17. The summed E-state index contributed by atoms with van der Waals surface area (Å²) in [4.78, 5) is 23.7. The standard InChI is InChI=1S/C15H18ClNO4/c1-21-13-7-6-9(16)8-12(13)17-14(18)10-4-2-3-5-11(10)15(19)20/h6-8,10-11H,2-5H2,1H3,(H,17,18)(H,19,20)/t10-,11+/m0/s1. The van der Waals surface area contributed by atoms with Crippen LogP contribution in [0.3, 0.4) is 0 Å². The van der Waals surface area contributed by atoms with Gasteiger partial charge in [0, 0.05) is 5.02 Å². The van der Waals surface area contributed by atoms with E-state index in [1.54, 1.807) is 18.2 Å². The van der Waals surface area contributed by atoms with Gasteiger partial charge < -0.3 is 15.2 Å². The SMILES string of the molecule is COc1ccc(Cl)cc1NC(=O)[C@H]1CCCC[C@H]1C(=O)O. The molecule has 1 aliphatic carbocycles. The summed E-state index contributed by atoms with van der Waals surface area (Å²) in [7, 11) is 1.50. The lowest BCUT2D eigenvalue weighted by atomic mass is 9.78. The zero-order valence-electron chi connectivity index (χ0n) is 11.8. The van der Waals surface area contributed by atoms with Gasteiger partial charge in [0.1, 0.15) is 5.75 Å². The topological polar surface area (TPSA) is 75.6 Å². The Labute approximate surface area is 128 Å². The Morgan fingerprint density at radius 1 is 1.29 bits per heavy atom. The molecular weight excluding hydrogens is 294 g/mol. The molecule has 21 heavy (non-hydrogen) atoms. The van der Waals surface area contributed by atoms with E-state index in [2.05, 4.69) is 5.32 Å². The number of benzene rings is 1. The lowest BCUT2D eigenvalue weighted by Gasteiger charge is -2.27. The van der Waals surface area contributed by atoms with Gasteiger partial charge in [-0.1, -0.05) is 24.4 Å². The van der Waals surface area contributed by atoms with Crippen LogP contribution in [0.5, 0.6) is 5.75 Å². The molecule has 0 radical (unpaired) electrons. The largest absolute Gasteiger partial charge is 0.495 e. The van der Waals surface area contributed by atoms with Gasteiger partial charge in [-0.15, -0.1) is 0 Å². The first-order valence-corrected chi connectivity index (χ1v) is 7.28. The lowest BCUT2D eigenvalue weighted by Crippen LogP contribution is -2.36. The number of carboxylic acids is 1. The van der Waals surface area contributed by atoms with Gasteiger partial charge in [0.2, 0.25) is 5.91 Å². The molecule has 0 heterocycles. The maximum absolute atomic E-state index is 12.4. The lowest BCUT2D eigenvalue weighted by molar-refractivity contribution is -0.147. The number of halogens is 1. The predicted octanol–water partition coefficient (Wildman–Crippen LogP) is 3.18. The summed E-state index contributed by atoms with van der Waals surface area (Å²) >= 11 is 5.92. The van der Waals surface area contributed by atoms with Crippen LogP contribution in [0.25, 0.3) is 0 Å². The summed E-state index contributed by atoms with van der Waals surface area (Å²) in [6, 6.07) is 4.92. The molecule has 0 saturated heterocycles. The van der Waals surface area contributed by atoms with Gasteiger partial charge in [-0.3, -0.25) is 9.59 Å². The molecule has 0 aromatic heterocycles. The average Bonchev–Trinajstić information content (AvgIpc) is 2.47. The Morgan fingerprint density at radius 3 is 2.57 bits per heavy atom. The van der Waals surface area contributed by atoms with Crippen LogP contribution in [-0.2, 0) is 9.59 Å². The molecule has 5 nitrogen and oxygen atoms in total. The van der Waals surface area contributed by atoms with Crippen LogP contribution in [-0.4, -0.2) is 24.1 Å². The number of nitrogens with one attached hydrogen (secondary N) is 1. The Hall–Kier alpha value is -1.75. The Kier molecular flexibility index (Phi) is 5.07. The first-order chi connectivity index (χ1) is 10.0. The number of aliphatic carboxylic acids is 1. The summed E-state index contributed by atoms with van der Waals surface area (Å²) in [5.41, 5.74) is 0.463. The molecule has 0 unspecified atom stereocenters. The molecule has 1 aromatic carbocycles. The number of carbonyl (C=O) groups excluding carboxylic acids is 1. The van der Waals surface area contributed by atoms with E-state index in [0.29, 0.717) is 29.3 Å². The summed E-state index contributed by atoms with van der Waals surface area (Å²) < 4.78 is 5.17. The molecule has 2 N–H and O–H groups in total. The van der Waals surface area contributed by atoms with Crippen molar-refractivity contribution in [2.75, 3.05) is 12.4 Å². The highest BCUT2D eigenvalue weighted by Crippen LogP contribution is 2.33. The summed E-state index contributed by atoms with van der Waals surface area (Å²) in [6.45, 7) is 0. The molecule has 2 rings (SSSR count). The van der Waals surface area contributed by atoms with E-state index >= 15 is 0 Å². The van der Waals surface area contributed by atoms with E-state index in [1.807, 2.05) is 0 Å². The molecule has 114 valence electrons. The normalized spacial score (nSPS) is 21.6. The van der Waals surface area contributed by atoms with Crippen molar-refractivity contribution in [2.45, 2.75) is 25.7 Å². The molecule has 1 fully saturated rings. The quantitative estimate of drug-likeness (QED) is 0.895. The fourth-order valence-electron chi connectivity index (χ4n) is 2.74. The van der Waals surface area contributed by atoms with Crippen LogP contribution in [0.15, 0.2) is 18.2 Å². The predicted molar refractivity (Wildman–Crippen MR) is 79.7 cm³/mol. The Balaban J connectivity index is 2.16. The van der Waals surface area contributed by atoms with Crippen molar-refractivity contribution in [3.63, 3.8) is 0 Å². The second-order valence-corrected chi connectivity index (χ2v) is 5.61. The monoisotopic (exact) mass is 311 g/mol. The number of amides is 1. The first kappa shape index (κ1) is 15.6. The van der Waals surface area contributed by atoms with Crippen molar-refractivity contribution in [2.24, 2.45) is 11.8 Å². The maximum Gasteiger partial charge on any atom is 0.307 e. The van der Waals surface area contributed by atoms with Crippen molar-refractivity contribution >= 4 is 29.2 Å². The second kappa shape index (κ2) is 6.80. The van der Waals surface area contributed by atoms with E-state index in [0.717, 1.165) is 12.8 Å². The van der Waals surface area contributed by atoms with E-state index < -0.39 is 17.8 Å². The van der Waals surface area contributed by atoms with Crippen LogP contribution in [0.2, 0.25) is 5.02 Å². The molecule has 1 amide bonds. The van der Waals surface area contributed by atoms with Gasteiger partial charge in [-0.05, 0) is 31.0 Å². The van der Waals surface area contributed by atoms with E-state index in [1.165, 1.54) is 7.11 Å². The molecule has 2 atom stereocenters. The van der Waals surface area contributed by atoms with Gasteiger partial charge in [-0.2, -0.15) is 0 Å². The molecule has 1 saturated carbocycles. The third kappa shape index (κ3) is 3.67. The van der Waals surface area contributed by atoms with Crippen LogP contribution in [0, 0.1) is 11.8 Å². The minimum atomic E-state index is -0.909. The van der Waals surface area contributed by atoms with Crippen LogP contribution in [0.1, 0.15) is 25.7 Å². The van der Waals surface area contributed by atoms with Crippen molar-refractivity contribution in [3.05, 3.63) is 23.2 Å². The fourth-order valence-corrected chi connectivity index (χ4v) is 2.92.